The third-order valence-corrected chi connectivity index (χ3v) is 6.54. The number of rotatable bonds is 4. The Balaban J connectivity index is 1.56. The zero-order chi connectivity index (χ0) is 17.4. The molecule has 1 amide bonds. The Morgan fingerprint density at radius 2 is 1.92 bits per heavy atom. The van der Waals surface area contributed by atoms with Gasteiger partial charge in [0.2, 0.25) is 5.91 Å². The minimum absolute atomic E-state index is 0.177. The van der Waals surface area contributed by atoms with Gasteiger partial charge in [-0.25, -0.2) is 0 Å². The Bertz CT molecular complexity index is 632. The van der Waals surface area contributed by atoms with Crippen molar-refractivity contribution in [1.29, 1.82) is 0 Å². The maximum atomic E-state index is 13.4. The molecule has 1 unspecified atom stereocenters. The van der Waals surface area contributed by atoms with Crippen molar-refractivity contribution in [3.8, 4) is 0 Å². The molecule has 5 nitrogen and oxygen atoms in total. The van der Waals surface area contributed by atoms with Gasteiger partial charge in [-0.05, 0) is 64.1 Å². The van der Waals surface area contributed by atoms with Crippen LogP contribution in [0.15, 0.2) is 0 Å². The second kappa shape index (κ2) is 7.10. The first kappa shape index (κ1) is 17.1. The minimum atomic E-state index is 0.177. The quantitative estimate of drug-likeness (QED) is 0.843. The van der Waals surface area contributed by atoms with Crippen molar-refractivity contribution in [3.63, 3.8) is 0 Å². The van der Waals surface area contributed by atoms with Crippen LogP contribution in [-0.2, 0) is 31.2 Å². The number of nitrogens with zero attached hydrogens (tertiary/aromatic N) is 4. The molecule has 1 aromatic heterocycles. The van der Waals surface area contributed by atoms with E-state index in [1.54, 1.807) is 0 Å². The number of aromatic nitrogens is 2. The second-order valence-corrected chi connectivity index (χ2v) is 8.35. The Morgan fingerprint density at radius 3 is 2.68 bits per heavy atom. The molecule has 1 saturated heterocycles. The van der Waals surface area contributed by atoms with Crippen LogP contribution in [0.3, 0.4) is 0 Å². The molecule has 4 rings (SSSR count). The minimum Gasteiger partial charge on any atom is -0.333 e. The van der Waals surface area contributed by atoms with Crippen molar-refractivity contribution >= 4 is 5.91 Å². The first-order valence-electron chi connectivity index (χ1n) is 10.2. The van der Waals surface area contributed by atoms with Gasteiger partial charge in [0.05, 0.1) is 18.2 Å². The van der Waals surface area contributed by atoms with E-state index in [1.165, 1.54) is 49.1 Å². The van der Waals surface area contributed by atoms with E-state index in [0.29, 0.717) is 11.9 Å². The van der Waals surface area contributed by atoms with E-state index in [0.717, 1.165) is 45.3 Å². The van der Waals surface area contributed by atoms with Crippen LogP contribution >= 0.6 is 0 Å². The molecule has 1 aliphatic heterocycles. The third-order valence-electron chi connectivity index (χ3n) is 6.54. The molecule has 1 atom stereocenters. The first-order valence-corrected chi connectivity index (χ1v) is 10.2. The molecule has 0 N–H and O–H groups in total. The lowest BCUT2D eigenvalue weighted by molar-refractivity contribution is -0.140. The Kier molecular flexibility index (Phi) is 4.85. The molecule has 138 valence electrons. The summed E-state index contributed by atoms with van der Waals surface area (Å²) in [5.74, 6) is 0.562. The Hall–Kier alpha value is -1.36. The average molecular weight is 345 g/mol. The largest absolute Gasteiger partial charge is 0.333 e. The van der Waals surface area contributed by atoms with E-state index in [-0.39, 0.29) is 5.92 Å². The molecule has 25 heavy (non-hydrogen) atoms. The summed E-state index contributed by atoms with van der Waals surface area (Å²) >= 11 is 0. The maximum absolute atomic E-state index is 13.4. The molecule has 0 bridgehead atoms. The van der Waals surface area contributed by atoms with E-state index >= 15 is 0 Å². The number of fused-ring (bicyclic) bond motifs is 1. The lowest BCUT2D eigenvalue weighted by atomic mass is 9.95. The lowest BCUT2D eigenvalue weighted by Crippen LogP contribution is -2.46. The van der Waals surface area contributed by atoms with Gasteiger partial charge in [-0.2, -0.15) is 5.10 Å². The molecule has 2 heterocycles. The van der Waals surface area contributed by atoms with Crippen molar-refractivity contribution < 1.29 is 4.79 Å². The number of aryl methyl sites for hydroxylation is 1. The van der Waals surface area contributed by atoms with Crippen molar-refractivity contribution in [1.82, 2.24) is 19.6 Å². The highest BCUT2D eigenvalue weighted by Gasteiger charge is 2.34. The van der Waals surface area contributed by atoms with Gasteiger partial charge in [-0.15, -0.1) is 0 Å². The number of likely N-dealkylation sites (tertiary alicyclic amines) is 1. The molecular weight excluding hydrogens is 312 g/mol. The average Bonchev–Trinajstić information content (AvgIpc) is 3.33. The van der Waals surface area contributed by atoms with Crippen LogP contribution in [0.4, 0.5) is 0 Å². The van der Waals surface area contributed by atoms with Crippen LogP contribution in [0.5, 0.6) is 0 Å². The summed E-state index contributed by atoms with van der Waals surface area (Å²) in [6.45, 7) is 2.77. The highest BCUT2D eigenvalue weighted by molar-refractivity contribution is 5.79. The zero-order valence-electron chi connectivity index (χ0n) is 15.8. The number of hydrogen-bond donors (Lipinski definition) is 0. The molecular formula is C20H32N4O. The van der Waals surface area contributed by atoms with E-state index < -0.39 is 0 Å². The highest BCUT2D eigenvalue weighted by Crippen LogP contribution is 2.31. The smallest absolute Gasteiger partial charge is 0.227 e. The second-order valence-electron chi connectivity index (χ2n) is 8.35. The summed E-state index contributed by atoms with van der Waals surface area (Å²) in [4.78, 5) is 17.9. The normalized spacial score (nSPS) is 24.6. The molecule has 1 aromatic rings. The molecule has 2 fully saturated rings. The van der Waals surface area contributed by atoms with Gasteiger partial charge in [0, 0.05) is 25.3 Å². The van der Waals surface area contributed by atoms with Gasteiger partial charge in [0.25, 0.3) is 0 Å². The SMILES string of the molecule is CN1CCCC(C(=O)N(Cc2nn(C)c3c2CCC3)C2CCCC2)C1. The van der Waals surface area contributed by atoms with Crippen molar-refractivity contribution in [2.45, 2.75) is 70.4 Å². The fourth-order valence-electron chi connectivity index (χ4n) is 5.19. The van der Waals surface area contributed by atoms with Crippen LogP contribution in [0.1, 0.15) is 61.9 Å². The third kappa shape index (κ3) is 3.35. The summed E-state index contributed by atoms with van der Waals surface area (Å²) in [6, 6.07) is 0.429. The van der Waals surface area contributed by atoms with E-state index in [2.05, 4.69) is 28.6 Å². The number of hydrogen-bond acceptors (Lipinski definition) is 3. The van der Waals surface area contributed by atoms with Crippen LogP contribution in [0, 0.1) is 5.92 Å². The zero-order valence-corrected chi connectivity index (χ0v) is 15.8. The first-order chi connectivity index (χ1) is 12.1. The Labute approximate surface area is 151 Å². The van der Waals surface area contributed by atoms with Gasteiger partial charge in [0.1, 0.15) is 0 Å². The summed E-state index contributed by atoms with van der Waals surface area (Å²) in [5.41, 5.74) is 3.99. The van der Waals surface area contributed by atoms with E-state index in [1.807, 2.05) is 0 Å². The standard InChI is InChI=1S/C20H32N4O/c1-22-12-6-7-15(13-22)20(25)24(16-8-3-4-9-16)14-18-17-10-5-11-19(17)23(2)21-18/h15-16H,3-14H2,1-2H3. The summed E-state index contributed by atoms with van der Waals surface area (Å²) in [5, 5.41) is 4.80. The van der Waals surface area contributed by atoms with Crippen molar-refractivity contribution in [2.24, 2.45) is 13.0 Å². The highest BCUT2D eigenvalue weighted by atomic mass is 16.2. The van der Waals surface area contributed by atoms with Crippen LogP contribution in [-0.4, -0.2) is 51.7 Å². The van der Waals surface area contributed by atoms with Gasteiger partial charge >= 0.3 is 0 Å². The summed E-state index contributed by atoms with van der Waals surface area (Å²) in [6.07, 6.45) is 10.6. The number of carbonyl (C=O) groups is 1. The van der Waals surface area contributed by atoms with Crippen LogP contribution in [0.2, 0.25) is 0 Å². The molecule has 1 saturated carbocycles. The fraction of sp³-hybridized carbons (Fsp3) is 0.800. The monoisotopic (exact) mass is 344 g/mol. The Morgan fingerprint density at radius 1 is 1.12 bits per heavy atom. The number of piperidine rings is 1. The summed E-state index contributed by atoms with van der Waals surface area (Å²) < 4.78 is 2.06. The van der Waals surface area contributed by atoms with Gasteiger partial charge in [0.15, 0.2) is 0 Å². The molecule has 3 aliphatic rings. The predicted octanol–water partition coefficient (Wildman–Crippen LogP) is 2.52. The van der Waals surface area contributed by atoms with E-state index in [4.69, 9.17) is 5.10 Å². The van der Waals surface area contributed by atoms with Crippen molar-refractivity contribution in [2.75, 3.05) is 20.1 Å². The van der Waals surface area contributed by atoms with E-state index in [9.17, 15) is 4.79 Å². The molecule has 0 aromatic carbocycles. The summed E-state index contributed by atoms with van der Waals surface area (Å²) in [7, 11) is 4.20. The van der Waals surface area contributed by atoms with Gasteiger partial charge in [-0.3, -0.25) is 9.48 Å². The molecule has 2 aliphatic carbocycles. The molecule has 0 spiro atoms. The van der Waals surface area contributed by atoms with Gasteiger partial charge in [-0.1, -0.05) is 12.8 Å². The maximum Gasteiger partial charge on any atom is 0.227 e. The van der Waals surface area contributed by atoms with Crippen LogP contribution < -0.4 is 0 Å². The van der Waals surface area contributed by atoms with Crippen molar-refractivity contribution in [3.05, 3.63) is 17.0 Å². The molecule has 5 heteroatoms. The van der Waals surface area contributed by atoms with Gasteiger partial charge < -0.3 is 9.80 Å². The fourth-order valence-corrected chi connectivity index (χ4v) is 5.19. The number of carbonyl (C=O) groups excluding carboxylic acids is 1. The topological polar surface area (TPSA) is 41.4 Å². The molecule has 0 radical (unpaired) electrons. The predicted molar refractivity (Wildman–Crippen MR) is 98.3 cm³/mol. The van der Waals surface area contributed by atoms with Crippen LogP contribution in [0.25, 0.3) is 0 Å². The number of amides is 1. The lowest BCUT2D eigenvalue weighted by Gasteiger charge is -2.36.